The lowest BCUT2D eigenvalue weighted by atomic mass is 10.1. The van der Waals surface area contributed by atoms with E-state index in [1.807, 2.05) is 29.2 Å². The first-order valence-electron chi connectivity index (χ1n) is 4.87. The Labute approximate surface area is 93.4 Å². The number of fused-ring (bicyclic) bond motifs is 1. The molecule has 1 nitrogen and oxygen atoms in total. The highest BCUT2D eigenvalue weighted by molar-refractivity contribution is 7.98. The molecule has 1 aliphatic rings. The Bertz CT molecular complexity index is 307. The molecule has 0 saturated heterocycles. The van der Waals surface area contributed by atoms with Gasteiger partial charge in [-0.25, -0.2) is 0 Å². The van der Waals surface area contributed by atoms with Crippen LogP contribution >= 0.6 is 23.1 Å². The van der Waals surface area contributed by atoms with Gasteiger partial charge in [0.15, 0.2) is 0 Å². The highest BCUT2D eigenvalue weighted by Gasteiger charge is 2.16. The number of rotatable bonds is 3. The minimum absolute atomic E-state index is 0.160. The Kier molecular flexibility index (Phi) is 3.31. The standard InChI is InChI=1S/C11H15NS2/c1-2-3-9(12)11-6-8-7-13-5-4-10(8)14-11/h2,6,9H,1,3-5,7,12H2. The van der Waals surface area contributed by atoms with Gasteiger partial charge in [0, 0.05) is 21.5 Å². The molecule has 76 valence electrons. The predicted octanol–water partition coefficient (Wildman–Crippen LogP) is 3.11. The van der Waals surface area contributed by atoms with Crippen molar-refractivity contribution in [2.45, 2.75) is 24.6 Å². The third-order valence-corrected chi connectivity index (χ3v) is 4.81. The van der Waals surface area contributed by atoms with Crippen LogP contribution in [0.2, 0.25) is 0 Å². The van der Waals surface area contributed by atoms with E-state index in [0.29, 0.717) is 0 Å². The lowest BCUT2D eigenvalue weighted by molar-refractivity contribution is 0.757. The molecule has 1 unspecified atom stereocenters. The normalized spacial score (nSPS) is 17.5. The van der Waals surface area contributed by atoms with E-state index in [4.69, 9.17) is 5.73 Å². The van der Waals surface area contributed by atoms with Gasteiger partial charge in [0.05, 0.1) is 0 Å². The van der Waals surface area contributed by atoms with Crippen molar-refractivity contribution in [1.29, 1.82) is 0 Å². The van der Waals surface area contributed by atoms with Crippen LogP contribution in [-0.2, 0) is 12.2 Å². The number of thioether (sulfide) groups is 1. The van der Waals surface area contributed by atoms with Crippen molar-refractivity contribution >= 4 is 23.1 Å². The number of hydrogen-bond donors (Lipinski definition) is 1. The van der Waals surface area contributed by atoms with Gasteiger partial charge in [-0.2, -0.15) is 11.8 Å². The van der Waals surface area contributed by atoms with Gasteiger partial charge in [-0.1, -0.05) is 6.08 Å². The molecule has 2 rings (SSSR count). The van der Waals surface area contributed by atoms with Gasteiger partial charge in [-0.15, -0.1) is 17.9 Å². The van der Waals surface area contributed by atoms with Crippen LogP contribution in [-0.4, -0.2) is 5.75 Å². The summed E-state index contributed by atoms with van der Waals surface area (Å²) in [5.41, 5.74) is 7.56. The highest BCUT2D eigenvalue weighted by atomic mass is 32.2. The molecule has 2 N–H and O–H groups in total. The Morgan fingerprint density at radius 3 is 3.21 bits per heavy atom. The molecule has 2 heterocycles. The van der Waals surface area contributed by atoms with Crippen molar-refractivity contribution in [2.24, 2.45) is 5.73 Å². The molecule has 3 heteroatoms. The van der Waals surface area contributed by atoms with E-state index in [9.17, 15) is 0 Å². The Hall–Kier alpha value is -0.250. The first-order chi connectivity index (χ1) is 6.81. The molecular weight excluding hydrogens is 210 g/mol. The van der Waals surface area contributed by atoms with Crippen LogP contribution in [0.4, 0.5) is 0 Å². The highest BCUT2D eigenvalue weighted by Crippen LogP contribution is 2.34. The minimum atomic E-state index is 0.160. The molecule has 0 radical (unpaired) electrons. The Balaban J connectivity index is 2.19. The van der Waals surface area contributed by atoms with Crippen LogP contribution in [0.25, 0.3) is 0 Å². The second-order valence-electron chi connectivity index (χ2n) is 3.53. The minimum Gasteiger partial charge on any atom is -0.323 e. The summed E-state index contributed by atoms with van der Waals surface area (Å²) >= 11 is 3.92. The van der Waals surface area contributed by atoms with Crippen LogP contribution in [0, 0.1) is 0 Å². The van der Waals surface area contributed by atoms with Crippen LogP contribution < -0.4 is 5.73 Å². The number of aryl methyl sites for hydroxylation is 1. The van der Waals surface area contributed by atoms with Crippen molar-refractivity contribution in [3.05, 3.63) is 34.0 Å². The zero-order valence-corrected chi connectivity index (χ0v) is 9.79. The fourth-order valence-corrected chi connectivity index (χ4v) is 4.04. The third-order valence-electron chi connectivity index (χ3n) is 2.43. The summed E-state index contributed by atoms with van der Waals surface area (Å²) in [5.74, 6) is 2.44. The lowest BCUT2D eigenvalue weighted by Crippen LogP contribution is -2.06. The average Bonchev–Trinajstić information content (AvgIpc) is 2.61. The van der Waals surface area contributed by atoms with Gasteiger partial charge < -0.3 is 5.73 Å². The monoisotopic (exact) mass is 225 g/mol. The molecule has 1 aromatic rings. The van der Waals surface area contributed by atoms with E-state index in [2.05, 4.69) is 12.6 Å². The molecule has 0 aliphatic carbocycles. The molecule has 1 atom stereocenters. The van der Waals surface area contributed by atoms with E-state index < -0.39 is 0 Å². The van der Waals surface area contributed by atoms with Gasteiger partial charge in [0.25, 0.3) is 0 Å². The number of thiophene rings is 1. The first kappa shape index (κ1) is 10.3. The van der Waals surface area contributed by atoms with Crippen molar-refractivity contribution in [1.82, 2.24) is 0 Å². The Morgan fingerprint density at radius 1 is 1.64 bits per heavy atom. The fraction of sp³-hybridized carbons (Fsp3) is 0.455. The molecule has 0 bridgehead atoms. The maximum Gasteiger partial charge on any atom is 0.0424 e. The fourth-order valence-electron chi connectivity index (χ4n) is 1.65. The second-order valence-corrected chi connectivity index (χ2v) is 5.80. The molecule has 0 saturated carbocycles. The quantitative estimate of drug-likeness (QED) is 0.800. The van der Waals surface area contributed by atoms with Crippen LogP contribution in [0.15, 0.2) is 18.7 Å². The molecule has 1 aromatic heterocycles. The van der Waals surface area contributed by atoms with Gasteiger partial charge in [0.2, 0.25) is 0 Å². The molecule has 0 aromatic carbocycles. The van der Waals surface area contributed by atoms with Gasteiger partial charge >= 0.3 is 0 Å². The second kappa shape index (κ2) is 4.51. The maximum absolute atomic E-state index is 6.05. The summed E-state index contributed by atoms with van der Waals surface area (Å²) in [4.78, 5) is 2.88. The number of nitrogens with two attached hydrogens (primary N) is 1. The number of hydrogen-bond acceptors (Lipinski definition) is 3. The summed E-state index contributed by atoms with van der Waals surface area (Å²) in [5, 5.41) is 0. The van der Waals surface area contributed by atoms with Gasteiger partial charge in [-0.3, -0.25) is 0 Å². The van der Waals surface area contributed by atoms with E-state index in [1.165, 1.54) is 28.4 Å². The molecule has 0 amide bonds. The average molecular weight is 225 g/mol. The summed E-state index contributed by atoms with van der Waals surface area (Å²) in [6.45, 7) is 3.73. The van der Waals surface area contributed by atoms with Gasteiger partial charge in [-0.05, 0) is 30.2 Å². The summed E-state index contributed by atoms with van der Waals surface area (Å²) in [7, 11) is 0. The maximum atomic E-state index is 6.05. The van der Waals surface area contributed by atoms with Crippen molar-refractivity contribution in [3.8, 4) is 0 Å². The SMILES string of the molecule is C=CCC(N)c1cc2c(s1)CCSC2. The van der Waals surface area contributed by atoms with E-state index in [-0.39, 0.29) is 6.04 Å². The third kappa shape index (κ3) is 2.05. The van der Waals surface area contributed by atoms with E-state index in [0.717, 1.165) is 6.42 Å². The van der Waals surface area contributed by atoms with Crippen molar-refractivity contribution in [3.63, 3.8) is 0 Å². The summed E-state index contributed by atoms with van der Waals surface area (Å²) < 4.78 is 0. The van der Waals surface area contributed by atoms with Crippen molar-refractivity contribution < 1.29 is 0 Å². The largest absolute Gasteiger partial charge is 0.323 e. The molecule has 0 spiro atoms. The molecule has 0 fully saturated rings. The molecule has 14 heavy (non-hydrogen) atoms. The van der Waals surface area contributed by atoms with E-state index >= 15 is 0 Å². The first-order valence-corrected chi connectivity index (χ1v) is 6.84. The predicted molar refractivity (Wildman–Crippen MR) is 65.9 cm³/mol. The smallest absolute Gasteiger partial charge is 0.0424 e. The molecule has 1 aliphatic heterocycles. The lowest BCUT2D eigenvalue weighted by Gasteiger charge is -2.08. The zero-order chi connectivity index (χ0) is 9.97. The van der Waals surface area contributed by atoms with E-state index in [1.54, 1.807) is 4.88 Å². The van der Waals surface area contributed by atoms with Crippen LogP contribution in [0.3, 0.4) is 0 Å². The van der Waals surface area contributed by atoms with Crippen LogP contribution in [0.1, 0.15) is 27.8 Å². The van der Waals surface area contributed by atoms with Gasteiger partial charge in [0.1, 0.15) is 0 Å². The molecular formula is C11H15NS2. The summed E-state index contributed by atoms with van der Waals surface area (Å²) in [6.07, 6.45) is 4.01. The Morgan fingerprint density at radius 2 is 2.50 bits per heavy atom. The zero-order valence-electron chi connectivity index (χ0n) is 8.16. The van der Waals surface area contributed by atoms with Crippen LogP contribution in [0.5, 0.6) is 0 Å². The summed E-state index contributed by atoms with van der Waals surface area (Å²) in [6, 6.07) is 2.45. The van der Waals surface area contributed by atoms with Crippen molar-refractivity contribution in [2.75, 3.05) is 5.75 Å². The topological polar surface area (TPSA) is 26.0 Å².